The second kappa shape index (κ2) is 9.52. The van der Waals surface area contributed by atoms with E-state index in [1.54, 1.807) is 0 Å². The molecule has 0 aromatic heterocycles. The molecule has 0 radical (unpaired) electrons. The van der Waals surface area contributed by atoms with Crippen molar-refractivity contribution in [3.05, 3.63) is 25.3 Å². The SMILES string of the molecule is C=CCOCC1(COCC=C)CCCCC1C1CCCCC1. The molecule has 2 heteroatoms. The lowest BCUT2D eigenvalue weighted by atomic mass is 9.60. The summed E-state index contributed by atoms with van der Waals surface area (Å²) in [6, 6.07) is 0. The predicted molar refractivity (Wildman–Crippen MR) is 93.0 cm³/mol. The molecule has 2 aliphatic carbocycles. The van der Waals surface area contributed by atoms with Gasteiger partial charge >= 0.3 is 0 Å². The van der Waals surface area contributed by atoms with Gasteiger partial charge in [-0.3, -0.25) is 0 Å². The lowest BCUT2D eigenvalue weighted by Gasteiger charge is -2.48. The molecule has 0 aromatic rings. The highest BCUT2D eigenvalue weighted by Crippen LogP contribution is 2.49. The largest absolute Gasteiger partial charge is 0.377 e. The molecule has 0 amide bonds. The van der Waals surface area contributed by atoms with Crippen molar-refractivity contribution in [3.8, 4) is 0 Å². The van der Waals surface area contributed by atoms with E-state index in [1.807, 2.05) is 12.2 Å². The first kappa shape index (κ1) is 17.7. The summed E-state index contributed by atoms with van der Waals surface area (Å²) in [6.07, 6.45) is 16.1. The molecule has 1 unspecified atom stereocenters. The van der Waals surface area contributed by atoms with Gasteiger partial charge in [0.1, 0.15) is 0 Å². The lowest BCUT2D eigenvalue weighted by molar-refractivity contribution is -0.0870. The molecular formula is C20H34O2. The van der Waals surface area contributed by atoms with Gasteiger partial charge in [0.05, 0.1) is 26.4 Å². The standard InChI is InChI=1S/C20H34O2/c1-3-14-21-16-20(17-22-15-4-2)13-9-8-12-19(20)18-10-6-5-7-11-18/h3-4,18-19H,1-2,5-17H2. The fraction of sp³-hybridized carbons (Fsp3) is 0.800. The van der Waals surface area contributed by atoms with Gasteiger partial charge in [-0.2, -0.15) is 0 Å². The molecule has 0 N–H and O–H groups in total. The number of ether oxygens (including phenoxy) is 2. The Morgan fingerprint density at radius 1 is 0.818 bits per heavy atom. The summed E-state index contributed by atoms with van der Waals surface area (Å²) in [5.41, 5.74) is 0.215. The average molecular weight is 306 g/mol. The maximum atomic E-state index is 5.95. The van der Waals surface area contributed by atoms with Gasteiger partial charge in [0, 0.05) is 5.41 Å². The third kappa shape index (κ3) is 4.70. The van der Waals surface area contributed by atoms with Crippen LogP contribution in [0.2, 0.25) is 0 Å². The van der Waals surface area contributed by atoms with Crippen LogP contribution in [0.3, 0.4) is 0 Å². The molecule has 2 nitrogen and oxygen atoms in total. The molecule has 0 saturated heterocycles. The van der Waals surface area contributed by atoms with Gasteiger partial charge in [0.2, 0.25) is 0 Å². The summed E-state index contributed by atoms with van der Waals surface area (Å²) < 4.78 is 11.9. The van der Waals surface area contributed by atoms with Crippen LogP contribution in [0.25, 0.3) is 0 Å². The van der Waals surface area contributed by atoms with Crippen LogP contribution in [0.1, 0.15) is 57.8 Å². The van der Waals surface area contributed by atoms with Gasteiger partial charge in [0.25, 0.3) is 0 Å². The normalized spacial score (nSPS) is 25.7. The summed E-state index contributed by atoms with van der Waals surface area (Å²) >= 11 is 0. The zero-order valence-corrected chi connectivity index (χ0v) is 14.2. The molecule has 0 spiro atoms. The predicted octanol–water partition coefficient (Wildman–Crippen LogP) is 5.15. The van der Waals surface area contributed by atoms with Gasteiger partial charge < -0.3 is 9.47 Å². The molecule has 1 atom stereocenters. The van der Waals surface area contributed by atoms with Crippen molar-refractivity contribution in [2.75, 3.05) is 26.4 Å². The molecule has 2 saturated carbocycles. The molecule has 2 fully saturated rings. The minimum absolute atomic E-state index is 0.215. The van der Waals surface area contributed by atoms with E-state index >= 15 is 0 Å². The molecule has 0 heterocycles. The van der Waals surface area contributed by atoms with Gasteiger partial charge in [-0.25, -0.2) is 0 Å². The first-order valence-corrected chi connectivity index (χ1v) is 9.20. The zero-order chi connectivity index (χ0) is 15.7. The minimum atomic E-state index is 0.215. The Morgan fingerprint density at radius 3 is 2.00 bits per heavy atom. The molecule has 22 heavy (non-hydrogen) atoms. The Morgan fingerprint density at radius 2 is 1.41 bits per heavy atom. The van der Waals surface area contributed by atoms with Crippen LogP contribution in [0.15, 0.2) is 25.3 Å². The third-order valence-corrected chi connectivity index (χ3v) is 5.70. The van der Waals surface area contributed by atoms with Crippen LogP contribution in [0.5, 0.6) is 0 Å². The molecule has 0 aromatic carbocycles. The minimum Gasteiger partial charge on any atom is -0.377 e. The Bertz CT molecular complexity index is 317. The van der Waals surface area contributed by atoms with Crippen molar-refractivity contribution in [3.63, 3.8) is 0 Å². The maximum Gasteiger partial charge on any atom is 0.0645 e. The topological polar surface area (TPSA) is 18.5 Å². The summed E-state index contributed by atoms with van der Waals surface area (Å²) in [7, 11) is 0. The van der Waals surface area contributed by atoms with Gasteiger partial charge in [-0.05, 0) is 24.7 Å². The van der Waals surface area contributed by atoms with Crippen molar-refractivity contribution in [2.45, 2.75) is 57.8 Å². The number of hydrogen-bond acceptors (Lipinski definition) is 2. The van der Waals surface area contributed by atoms with E-state index in [1.165, 1.54) is 57.8 Å². The van der Waals surface area contributed by atoms with E-state index in [4.69, 9.17) is 9.47 Å². The quantitative estimate of drug-likeness (QED) is 0.433. The third-order valence-electron chi connectivity index (χ3n) is 5.70. The molecule has 0 aliphatic heterocycles. The van der Waals surface area contributed by atoms with Crippen LogP contribution < -0.4 is 0 Å². The Kier molecular flexibility index (Phi) is 7.68. The summed E-state index contributed by atoms with van der Waals surface area (Å²) in [6.45, 7) is 10.5. The Balaban J connectivity index is 2.07. The van der Waals surface area contributed by atoms with Crippen molar-refractivity contribution >= 4 is 0 Å². The van der Waals surface area contributed by atoms with Crippen molar-refractivity contribution in [1.82, 2.24) is 0 Å². The summed E-state index contributed by atoms with van der Waals surface area (Å²) in [5.74, 6) is 1.66. The Labute approximate surface area is 137 Å². The molecule has 126 valence electrons. The fourth-order valence-corrected chi connectivity index (χ4v) is 4.70. The van der Waals surface area contributed by atoms with E-state index < -0.39 is 0 Å². The number of hydrogen-bond donors (Lipinski definition) is 0. The second-order valence-corrected chi connectivity index (χ2v) is 7.22. The van der Waals surface area contributed by atoms with Gasteiger partial charge in [-0.1, -0.05) is 57.1 Å². The molecule has 2 rings (SSSR count). The van der Waals surface area contributed by atoms with Crippen LogP contribution in [-0.2, 0) is 9.47 Å². The first-order chi connectivity index (χ1) is 10.8. The smallest absolute Gasteiger partial charge is 0.0645 e. The Hall–Kier alpha value is -0.600. The van der Waals surface area contributed by atoms with E-state index in [-0.39, 0.29) is 5.41 Å². The highest BCUT2D eigenvalue weighted by molar-refractivity contribution is 4.94. The zero-order valence-electron chi connectivity index (χ0n) is 14.2. The van der Waals surface area contributed by atoms with Crippen molar-refractivity contribution in [1.29, 1.82) is 0 Å². The van der Waals surface area contributed by atoms with Crippen molar-refractivity contribution < 1.29 is 9.47 Å². The van der Waals surface area contributed by atoms with Crippen LogP contribution >= 0.6 is 0 Å². The highest BCUT2D eigenvalue weighted by Gasteiger charge is 2.44. The van der Waals surface area contributed by atoms with E-state index in [9.17, 15) is 0 Å². The van der Waals surface area contributed by atoms with Crippen LogP contribution in [0.4, 0.5) is 0 Å². The summed E-state index contributed by atoms with van der Waals surface area (Å²) in [5, 5.41) is 0. The maximum absolute atomic E-state index is 5.95. The monoisotopic (exact) mass is 306 g/mol. The molecule has 0 bridgehead atoms. The molecule has 2 aliphatic rings. The number of rotatable bonds is 9. The van der Waals surface area contributed by atoms with E-state index in [0.29, 0.717) is 13.2 Å². The average Bonchev–Trinajstić information content (AvgIpc) is 2.57. The fourth-order valence-electron chi connectivity index (χ4n) is 4.70. The van der Waals surface area contributed by atoms with Crippen LogP contribution in [0, 0.1) is 17.3 Å². The van der Waals surface area contributed by atoms with Crippen LogP contribution in [-0.4, -0.2) is 26.4 Å². The van der Waals surface area contributed by atoms with Gasteiger partial charge in [-0.15, -0.1) is 13.2 Å². The van der Waals surface area contributed by atoms with Crippen molar-refractivity contribution in [2.24, 2.45) is 17.3 Å². The lowest BCUT2D eigenvalue weighted by Crippen LogP contribution is -2.46. The van der Waals surface area contributed by atoms with E-state index in [0.717, 1.165) is 25.0 Å². The second-order valence-electron chi connectivity index (χ2n) is 7.22. The first-order valence-electron chi connectivity index (χ1n) is 9.20. The van der Waals surface area contributed by atoms with E-state index in [2.05, 4.69) is 13.2 Å². The molecular weight excluding hydrogens is 272 g/mol. The highest BCUT2D eigenvalue weighted by atomic mass is 16.5. The van der Waals surface area contributed by atoms with Gasteiger partial charge in [0.15, 0.2) is 0 Å². The summed E-state index contributed by atoms with van der Waals surface area (Å²) in [4.78, 5) is 0.